The van der Waals surface area contributed by atoms with Crippen LogP contribution in [0.4, 0.5) is 8.78 Å². The molecule has 0 aliphatic rings. The molecule has 0 amide bonds. The number of rotatable bonds is 3. The summed E-state index contributed by atoms with van der Waals surface area (Å²) in [6.45, 7) is 0. The van der Waals surface area contributed by atoms with Crippen LogP contribution in [0.5, 0.6) is 0 Å². The molecule has 4 heteroatoms. The lowest BCUT2D eigenvalue weighted by molar-refractivity contribution is 0.507. The van der Waals surface area contributed by atoms with E-state index in [1.54, 1.807) is 17.8 Å². The van der Waals surface area contributed by atoms with Gasteiger partial charge in [-0.1, -0.05) is 34.1 Å². The van der Waals surface area contributed by atoms with Gasteiger partial charge in [-0.2, -0.15) is 0 Å². The first-order valence-corrected chi connectivity index (χ1v) is 7.49. The van der Waals surface area contributed by atoms with Crippen molar-refractivity contribution < 1.29 is 8.78 Å². The number of thioether (sulfide) groups is 1. The first kappa shape index (κ1) is 13.6. The molecule has 0 nitrogen and oxygen atoms in total. The molecule has 1 unspecified atom stereocenters. The Hall–Kier alpha value is -0.870. The molecule has 0 aliphatic carbocycles. The van der Waals surface area contributed by atoms with Crippen LogP contribution in [0.3, 0.4) is 0 Å². The summed E-state index contributed by atoms with van der Waals surface area (Å²) in [5.41, 5.74) is 1.71. The average Bonchev–Trinajstić information content (AvgIpc) is 2.41. The normalized spacial score (nSPS) is 12.4. The van der Waals surface area contributed by atoms with Crippen LogP contribution in [-0.4, -0.2) is 6.26 Å². The topological polar surface area (TPSA) is 0 Å². The lowest BCUT2D eigenvalue weighted by atomic mass is 10.0. The Balaban J connectivity index is 2.28. The second-order valence-electron chi connectivity index (χ2n) is 3.81. The van der Waals surface area contributed by atoms with Gasteiger partial charge in [0.15, 0.2) is 11.6 Å². The first-order chi connectivity index (χ1) is 8.61. The maximum absolute atomic E-state index is 13.2. The fraction of sp³-hybridized carbons (Fsp3) is 0.143. The van der Waals surface area contributed by atoms with Gasteiger partial charge in [0.05, 0.1) is 4.83 Å². The van der Waals surface area contributed by atoms with Gasteiger partial charge in [-0.15, -0.1) is 11.8 Å². The molecule has 2 aromatic carbocycles. The molecule has 18 heavy (non-hydrogen) atoms. The molecule has 2 aromatic rings. The lowest BCUT2D eigenvalue weighted by Crippen LogP contribution is -1.95. The summed E-state index contributed by atoms with van der Waals surface area (Å²) in [5, 5.41) is 0. The molecule has 0 bridgehead atoms. The molecule has 0 fully saturated rings. The number of alkyl halides is 1. The summed E-state index contributed by atoms with van der Waals surface area (Å²) in [6.07, 6.45) is 2.01. The maximum atomic E-state index is 13.2. The van der Waals surface area contributed by atoms with Crippen LogP contribution >= 0.6 is 27.7 Å². The number of halogens is 3. The zero-order chi connectivity index (χ0) is 13.1. The lowest BCUT2D eigenvalue weighted by Gasteiger charge is -2.11. The number of hydrogen-bond acceptors (Lipinski definition) is 1. The molecule has 0 saturated heterocycles. The molecule has 0 radical (unpaired) electrons. The Bertz CT molecular complexity index is 540. The maximum Gasteiger partial charge on any atom is 0.159 e. The van der Waals surface area contributed by atoms with E-state index in [-0.39, 0.29) is 4.83 Å². The Labute approximate surface area is 118 Å². The highest BCUT2D eigenvalue weighted by Crippen LogP contribution is 2.32. The van der Waals surface area contributed by atoms with Crippen LogP contribution in [0.1, 0.15) is 16.0 Å². The van der Waals surface area contributed by atoms with Crippen LogP contribution in [0.25, 0.3) is 0 Å². The molecular formula is C14H11BrF2S. The minimum atomic E-state index is -0.823. The minimum Gasteiger partial charge on any atom is -0.204 e. The number of hydrogen-bond donors (Lipinski definition) is 0. The zero-order valence-electron chi connectivity index (χ0n) is 9.66. The smallest absolute Gasteiger partial charge is 0.159 e. The largest absolute Gasteiger partial charge is 0.204 e. The minimum absolute atomic E-state index is 0.136. The molecule has 0 aliphatic heterocycles. The molecule has 94 valence electrons. The Morgan fingerprint density at radius 2 is 1.56 bits per heavy atom. The van der Waals surface area contributed by atoms with E-state index in [0.717, 1.165) is 11.6 Å². The molecular weight excluding hydrogens is 318 g/mol. The summed E-state index contributed by atoms with van der Waals surface area (Å²) in [4.78, 5) is 1.03. The van der Waals surface area contributed by atoms with Gasteiger partial charge in [0.25, 0.3) is 0 Å². The molecule has 0 N–H and O–H groups in total. The van der Waals surface area contributed by atoms with E-state index in [9.17, 15) is 8.78 Å². The predicted molar refractivity (Wildman–Crippen MR) is 75.4 cm³/mol. The van der Waals surface area contributed by atoms with Crippen molar-refractivity contribution in [2.24, 2.45) is 0 Å². The van der Waals surface area contributed by atoms with Crippen molar-refractivity contribution in [2.45, 2.75) is 9.72 Å². The molecule has 0 aromatic heterocycles. The van der Waals surface area contributed by atoms with E-state index >= 15 is 0 Å². The van der Waals surface area contributed by atoms with Crippen molar-refractivity contribution in [3.8, 4) is 0 Å². The monoisotopic (exact) mass is 328 g/mol. The van der Waals surface area contributed by atoms with Gasteiger partial charge in [0.1, 0.15) is 0 Å². The van der Waals surface area contributed by atoms with Crippen LogP contribution in [0.2, 0.25) is 0 Å². The Morgan fingerprint density at radius 3 is 2.11 bits per heavy atom. The standard InChI is InChI=1S/C14H11BrF2S/c1-18-11-5-2-9(3-6-11)14(15)10-4-7-12(16)13(17)8-10/h2-8,14H,1H3. The van der Waals surface area contributed by atoms with Crippen molar-refractivity contribution in [3.05, 3.63) is 65.2 Å². The van der Waals surface area contributed by atoms with E-state index in [1.807, 2.05) is 30.5 Å². The average molecular weight is 329 g/mol. The van der Waals surface area contributed by atoms with Gasteiger partial charge in [0.2, 0.25) is 0 Å². The highest BCUT2D eigenvalue weighted by Gasteiger charge is 2.12. The third-order valence-electron chi connectivity index (χ3n) is 2.64. The van der Waals surface area contributed by atoms with Crippen LogP contribution in [0.15, 0.2) is 47.4 Å². The summed E-state index contributed by atoms with van der Waals surface area (Å²) in [7, 11) is 0. The van der Waals surface area contributed by atoms with Crippen molar-refractivity contribution >= 4 is 27.7 Å². The molecule has 2 rings (SSSR count). The molecule has 0 saturated carbocycles. The van der Waals surface area contributed by atoms with Gasteiger partial charge in [-0.05, 0) is 41.6 Å². The second-order valence-corrected chi connectivity index (χ2v) is 5.60. The summed E-state index contributed by atoms with van der Waals surface area (Å²) < 4.78 is 26.0. The SMILES string of the molecule is CSc1ccc(C(Br)c2ccc(F)c(F)c2)cc1. The highest BCUT2D eigenvalue weighted by atomic mass is 79.9. The van der Waals surface area contributed by atoms with Gasteiger partial charge in [-0.25, -0.2) is 8.78 Å². The summed E-state index contributed by atoms with van der Waals surface area (Å²) in [5.74, 6) is -1.64. The fourth-order valence-corrected chi connectivity index (χ4v) is 2.63. The van der Waals surface area contributed by atoms with Gasteiger partial charge in [-0.3, -0.25) is 0 Å². The number of benzene rings is 2. The first-order valence-electron chi connectivity index (χ1n) is 5.35. The van der Waals surface area contributed by atoms with Gasteiger partial charge >= 0.3 is 0 Å². The third-order valence-corrected chi connectivity index (χ3v) is 4.45. The van der Waals surface area contributed by atoms with Crippen LogP contribution in [0, 0.1) is 11.6 Å². The Kier molecular flexibility index (Phi) is 4.40. The van der Waals surface area contributed by atoms with Crippen LogP contribution < -0.4 is 0 Å². The van der Waals surface area contributed by atoms with Crippen molar-refractivity contribution in [2.75, 3.05) is 6.26 Å². The Morgan fingerprint density at radius 1 is 0.944 bits per heavy atom. The predicted octanol–water partition coefficient (Wildman–Crippen LogP) is 5.17. The molecule has 1 atom stereocenters. The van der Waals surface area contributed by atoms with Gasteiger partial charge < -0.3 is 0 Å². The van der Waals surface area contributed by atoms with E-state index in [2.05, 4.69) is 15.9 Å². The molecule has 0 spiro atoms. The summed E-state index contributed by atoms with van der Waals surface area (Å²) in [6, 6.07) is 11.9. The highest BCUT2D eigenvalue weighted by molar-refractivity contribution is 9.09. The van der Waals surface area contributed by atoms with E-state index in [4.69, 9.17) is 0 Å². The van der Waals surface area contributed by atoms with E-state index in [1.165, 1.54) is 11.0 Å². The second kappa shape index (κ2) is 5.85. The van der Waals surface area contributed by atoms with Crippen molar-refractivity contribution in [1.82, 2.24) is 0 Å². The van der Waals surface area contributed by atoms with Crippen LogP contribution in [-0.2, 0) is 0 Å². The molecule has 0 heterocycles. The van der Waals surface area contributed by atoms with E-state index in [0.29, 0.717) is 5.56 Å². The zero-order valence-corrected chi connectivity index (χ0v) is 12.1. The third kappa shape index (κ3) is 2.93. The van der Waals surface area contributed by atoms with E-state index < -0.39 is 11.6 Å². The van der Waals surface area contributed by atoms with Crippen molar-refractivity contribution in [1.29, 1.82) is 0 Å². The van der Waals surface area contributed by atoms with Crippen molar-refractivity contribution in [3.63, 3.8) is 0 Å². The summed E-state index contributed by atoms with van der Waals surface area (Å²) >= 11 is 5.17. The fourth-order valence-electron chi connectivity index (χ4n) is 1.64. The quantitative estimate of drug-likeness (QED) is 0.553. The van der Waals surface area contributed by atoms with Gasteiger partial charge in [0, 0.05) is 4.90 Å².